The SMILES string of the molecule is O=C(O)CCN(C(=O)NCC1CCCS1(=O)=O)C1CC1. The number of carboxylic acid groups (broad SMARTS) is 1. The van der Waals surface area contributed by atoms with E-state index in [1.54, 1.807) is 0 Å². The zero-order valence-corrected chi connectivity index (χ0v) is 12.1. The predicted molar refractivity (Wildman–Crippen MR) is 72.2 cm³/mol. The van der Waals surface area contributed by atoms with Gasteiger partial charge < -0.3 is 15.3 Å². The molecule has 114 valence electrons. The summed E-state index contributed by atoms with van der Waals surface area (Å²) in [6.07, 6.45) is 2.91. The molecule has 1 unspecified atom stereocenters. The molecule has 1 saturated heterocycles. The molecule has 2 aliphatic rings. The van der Waals surface area contributed by atoms with Crippen molar-refractivity contribution >= 4 is 21.8 Å². The summed E-state index contributed by atoms with van der Waals surface area (Å²) >= 11 is 0. The highest BCUT2D eigenvalue weighted by molar-refractivity contribution is 7.92. The molecule has 0 radical (unpaired) electrons. The Hall–Kier alpha value is -1.31. The fraction of sp³-hybridized carbons (Fsp3) is 0.833. The molecule has 2 rings (SSSR count). The van der Waals surface area contributed by atoms with E-state index in [4.69, 9.17) is 5.11 Å². The summed E-state index contributed by atoms with van der Waals surface area (Å²) in [5, 5.41) is 10.8. The minimum Gasteiger partial charge on any atom is -0.481 e. The Bertz CT molecular complexity index is 486. The van der Waals surface area contributed by atoms with Gasteiger partial charge in [0.15, 0.2) is 9.84 Å². The predicted octanol–water partition coefficient (Wildman–Crippen LogP) is 0.212. The van der Waals surface area contributed by atoms with Crippen LogP contribution in [-0.2, 0) is 14.6 Å². The Labute approximate surface area is 118 Å². The third-order valence-corrected chi connectivity index (χ3v) is 6.03. The molecular formula is C12H20N2O5S. The van der Waals surface area contributed by atoms with Crippen LogP contribution in [0.4, 0.5) is 4.79 Å². The maximum absolute atomic E-state index is 12.0. The van der Waals surface area contributed by atoms with Gasteiger partial charge in [-0.1, -0.05) is 0 Å². The lowest BCUT2D eigenvalue weighted by Crippen LogP contribution is -2.45. The maximum atomic E-state index is 12.0. The van der Waals surface area contributed by atoms with Crippen molar-refractivity contribution < 1.29 is 23.1 Å². The van der Waals surface area contributed by atoms with E-state index in [0.29, 0.717) is 12.8 Å². The Morgan fingerprint density at radius 1 is 1.25 bits per heavy atom. The monoisotopic (exact) mass is 304 g/mol. The van der Waals surface area contributed by atoms with Gasteiger partial charge in [0.1, 0.15) is 0 Å². The summed E-state index contributed by atoms with van der Waals surface area (Å²) in [5.74, 6) is -0.749. The van der Waals surface area contributed by atoms with E-state index in [1.165, 1.54) is 4.90 Å². The fourth-order valence-electron chi connectivity index (χ4n) is 2.44. The van der Waals surface area contributed by atoms with Crippen molar-refractivity contribution in [3.63, 3.8) is 0 Å². The fourth-order valence-corrected chi connectivity index (χ4v) is 4.21. The number of aliphatic carboxylic acids is 1. The van der Waals surface area contributed by atoms with Crippen LogP contribution >= 0.6 is 0 Å². The number of amides is 2. The lowest BCUT2D eigenvalue weighted by molar-refractivity contribution is -0.137. The zero-order chi connectivity index (χ0) is 14.8. The van der Waals surface area contributed by atoms with Crippen LogP contribution in [0.2, 0.25) is 0 Å². The lowest BCUT2D eigenvalue weighted by atomic mass is 10.2. The molecule has 1 aliphatic carbocycles. The molecule has 1 aliphatic heterocycles. The molecule has 1 atom stereocenters. The van der Waals surface area contributed by atoms with Gasteiger partial charge in [0.05, 0.1) is 17.4 Å². The first-order chi connectivity index (χ1) is 9.40. The van der Waals surface area contributed by atoms with E-state index in [-0.39, 0.29) is 37.3 Å². The van der Waals surface area contributed by atoms with Crippen molar-refractivity contribution in [1.82, 2.24) is 10.2 Å². The molecule has 0 aromatic carbocycles. The van der Waals surface area contributed by atoms with Gasteiger partial charge in [0.2, 0.25) is 0 Å². The van der Waals surface area contributed by atoms with Gasteiger partial charge in [0.25, 0.3) is 0 Å². The second-order valence-electron chi connectivity index (χ2n) is 5.39. The van der Waals surface area contributed by atoms with Crippen LogP contribution in [0.3, 0.4) is 0 Å². The first-order valence-corrected chi connectivity index (χ1v) is 8.59. The number of carbonyl (C=O) groups excluding carboxylic acids is 1. The van der Waals surface area contributed by atoms with Gasteiger partial charge >= 0.3 is 12.0 Å². The van der Waals surface area contributed by atoms with Gasteiger partial charge in [-0.2, -0.15) is 0 Å². The van der Waals surface area contributed by atoms with Crippen LogP contribution in [-0.4, -0.2) is 60.6 Å². The minimum absolute atomic E-state index is 0.0916. The van der Waals surface area contributed by atoms with Crippen molar-refractivity contribution in [2.24, 2.45) is 0 Å². The number of hydrogen-bond donors (Lipinski definition) is 2. The van der Waals surface area contributed by atoms with Crippen molar-refractivity contribution in [1.29, 1.82) is 0 Å². The van der Waals surface area contributed by atoms with Crippen molar-refractivity contribution in [2.45, 2.75) is 43.4 Å². The van der Waals surface area contributed by atoms with E-state index in [2.05, 4.69) is 5.32 Å². The Balaban J connectivity index is 1.84. The number of nitrogens with zero attached hydrogens (tertiary/aromatic N) is 1. The lowest BCUT2D eigenvalue weighted by Gasteiger charge is -2.23. The van der Waals surface area contributed by atoms with E-state index in [0.717, 1.165) is 12.8 Å². The summed E-state index contributed by atoms with van der Waals surface area (Å²) in [4.78, 5) is 24.1. The number of rotatable bonds is 6. The van der Waals surface area contributed by atoms with Gasteiger partial charge in [-0.3, -0.25) is 4.79 Å². The van der Waals surface area contributed by atoms with Crippen molar-refractivity contribution in [3.05, 3.63) is 0 Å². The van der Waals surface area contributed by atoms with Crippen molar-refractivity contribution in [3.8, 4) is 0 Å². The standard InChI is InChI=1S/C12H20N2O5S/c15-11(16)5-6-14(9-3-4-9)12(17)13-8-10-2-1-7-20(10,18)19/h9-10H,1-8H2,(H,13,17)(H,15,16). The molecule has 0 spiro atoms. The highest BCUT2D eigenvalue weighted by Gasteiger charge is 2.35. The third kappa shape index (κ3) is 3.84. The van der Waals surface area contributed by atoms with Gasteiger partial charge in [-0.15, -0.1) is 0 Å². The normalized spacial score (nSPS) is 24.3. The summed E-state index contributed by atoms with van der Waals surface area (Å²) in [7, 11) is -3.07. The molecule has 2 amide bonds. The minimum atomic E-state index is -3.07. The van der Waals surface area contributed by atoms with Crippen LogP contribution in [0.25, 0.3) is 0 Å². The zero-order valence-electron chi connectivity index (χ0n) is 11.2. The molecule has 1 saturated carbocycles. The van der Waals surface area contributed by atoms with E-state index in [1.807, 2.05) is 0 Å². The topological polar surface area (TPSA) is 104 Å². The summed E-state index contributed by atoms with van der Waals surface area (Å²) < 4.78 is 23.3. The summed E-state index contributed by atoms with van der Waals surface area (Å²) in [6.45, 7) is 0.292. The van der Waals surface area contributed by atoms with Crippen LogP contribution < -0.4 is 5.32 Å². The second-order valence-corrected chi connectivity index (χ2v) is 7.79. The molecule has 2 N–H and O–H groups in total. The first kappa shape index (κ1) is 15.1. The maximum Gasteiger partial charge on any atom is 0.317 e. The average molecular weight is 304 g/mol. The summed E-state index contributed by atoms with van der Waals surface area (Å²) in [5.41, 5.74) is 0. The smallest absolute Gasteiger partial charge is 0.317 e. The molecule has 0 aromatic rings. The molecule has 7 nitrogen and oxygen atoms in total. The van der Waals surface area contributed by atoms with Crippen LogP contribution in [0.5, 0.6) is 0 Å². The molecule has 0 aromatic heterocycles. The number of hydrogen-bond acceptors (Lipinski definition) is 4. The Morgan fingerprint density at radius 3 is 2.45 bits per heavy atom. The molecule has 1 heterocycles. The third-order valence-electron chi connectivity index (χ3n) is 3.76. The average Bonchev–Trinajstić information content (AvgIpc) is 3.12. The van der Waals surface area contributed by atoms with E-state index >= 15 is 0 Å². The van der Waals surface area contributed by atoms with E-state index < -0.39 is 21.1 Å². The molecular weight excluding hydrogens is 284 g/mol. The quantitative estimate of drug-likeness (QED) is 0.730. The number of carboxylic acids is 1. The number of urea groups is 1. The van der Waals surface area contributed by atoms with Crippen LogP contribution in [0, 0.1) is 0 Å². The van der Waals surface area contributed by atoms with E-state index in [9.17, 15) is 18.0 Å². The Morgan fingerprint density at radius 2 is 1.95 bits per heavy atom. The number of nitrogens with one attached hydrogen (secondary N) is 1. The van der Waals surface area contributed by atoms with Crippen molar-refractivity contribution in [2.75, 3.05) is 18.8 Å². The van der Waals surface area contributed by atoms with Crippen LogP contribution in [0.15, 0.2) is 0 Å². The van der Waals surface area contributed by atoms with Gasteiger partial charge in [0, 0.05) is 19.1 Å². The van der Waals surface area contributed by atoms with Gasteiger partial charge in [-0.25, -0.2) is 13.2 Å². The highest BCUT2D eigenvalue weighted by atomic mass is 32.2. The summed E-state index contributed by atoms with van der Waals surface area (Å²) in [6, 6.07) is -0.245. The number of carbonyl (C=O) groups is 2. The first-order valence-electron chi connectivity index (χ1n) is 6.88. The number of sulfone groups is 1. The molecule has 2 fully saturated rings. The Kier molecular flexibility index (Phi) is 4.52. The molecule has 0 bridgehead atoms. The second kappa shape index (κ2) is 5.99. The molecule has 8 heteroatoms. The largest absolute Gasteiger partial charge is 0.481 e. The van der Waals surface area contributed by atoms with Gasteiger partial charge in [-0.05, 0) is 25.7 Å². The van der Waals surface area contributed by atoms with Crippen LogP contribution in [0.1, 0.15) is 32.1 Å². The molecule has 20 heavy (non-hydrogen) atoms. The highest BCUT2D eigenvalue weighted by Crippen LogP contribution is 2.27.